The number of esters is 1. The maximum Gasteiger partial charge on any atom is 0.316 e. The number of allylic oxidation sites excluding steroid dienone is 2. The third kappa shape index (κ3) is 2.97. The second-order valence-electron chi connectivity index (χ2n) is 3.26. The summed E-state index contributed by atoms with van der Waals surface area (Å²) in [7, 11) is 0. The lowest BCUT2D eigenvalue weighted by Crippen LogP contribution is -2.24. The summed E-state index contributed by atoms with van der Waals surface area (Å²) in [5.41, 5.74) is 1.02. The summed E-state index contributed by atoms with van der Waals surface area (Å²) in [5.74, 6) is -0.744. The van der Waals surface area contributed by atoms with Crippen molar-refractivity contribution in [3.8, 4) is 0 Å². The number of aliphatic hydroxyl groups excluding tert-OH is 2. The summed E-state index contributed by atoms with van der Waals surface area (Å²) < 4.78 is 4.78. The number of carbonyl (C=O) groups excluding carboxylic acids is 1. The molecular weight excluding hydrogens is 184 g/mol. The summed E-state index contributed by atoms with van der Waals surface area (Å²) in [4.78, 5) is 11.3. The normalized spacial score (nSPS) is 21.9. The molecule has 0 radical (unpaired) electrons. The molecule has 0 fully saturated rings. The molecule has 0 heterocycles. The second kappa shape index (κ2) is 4.93. The largest absolute Gasteiger partial charge is 0.462 e. The van der Waals surface area contributed by atoms with Crippen molar-refractivity contribution in [3.63, 3.8) is 0 Å². The number of carbonyl (C=O) groups is 1. The van der Waals surface area contributed by atoms with Crippen molar-refractivity contribution >= 4 is 5.97 Å². The monoisotopic (exact) mass is 198 g/mol. The average molecular weight is 198 g/mol. The van der Waals surface area contributed by atoms with Gasteiger partial charge in [0.1, 0.15) is 12.7 Å². The average Bonchev–Trinajstić information content (AvgIpc) is 2.60. The van der Waals surface area contributed by atoms with Gasteiger partial charge in [-0.15, -0.1) is 0 Å². The van der Waals surface area contributed by atoms with E-state index in [1.54, 1.807) is 12.2 Å². The van der Waals surface area contributed by atoms with Crippen LogP contribution >= 0.6 is 0 Å². The Morgan fingerprint density at radius 3 is 2.93 bits per heavy atom. The van der Waals surface area contributed by atoms with Crippen LogP contribution < -0.4 is 0 Å². The molecule has 0 bridgehead atoms. The summed E-state index contributed by atoms with van der Waals surface area (Å²) >= 11 is 0. The van der Waals surface area contributed by atoms with Gasteiger partial charge in [-0.25, -0.2) is 0 Å². The molecule has 2 unspecified atom stereocenters. The molecule has 14 heavy (non-hydrogen) atoms. The highest BCUT2D eigenvalue weighted by Crippen LogP contribution is 2.16. The Hall–Kier alpha value is -1.13. The fraction of sp³-hybridized carbons (Fsp3) is 0.500. The summed E-state index contributed by atoms with van der Waals surface area (Å²) in [6.07, 6.45) is 4.37. The molecule has 0 aromatic carbocycles. The van der Waals surface area contributed by atoms with E-state index in [1.165, 1.54) is 0 Å². The quantitative estimate of drug-likeness (QED) is 0.625. The highest BCUT2D eigenvalue weighted by Gasteiger charge is 2.18. The van der Waals surface area contributed by atoms with Crippen LogP contribution in [0.25, 0.3) is 0 Å². The van der Waals surface area contributed by atoms with Crippen LogP contribution in [0.2, 0.25) is 0 Å². The van der Waals surface area contributed by atoms with Gasteiger partial charge in [-0.3, -0.25) is 4.79 Å². The lowest BCUT2D eigenvalue weighted by molar-refractivity contribution is -0.148. The van der Waals surface area contributed by atoms with Gasteiger partial charge in [-0.05, 0) is 6.92 Å². The van der Waals surface area contributed by atoms with Gasteiger partial charge in [0.25, 0.3) is 0 Å². The topological polar surface area (TPSA) is 66.8 Å². The Morgan fingerprint density at radius 2 is 2.43 bits per heavy atom. The molecule has 78 valence electrons. The van der Waals surface area contributed by atoms with Crippen LogP contribution in [0.15, 0.2) is 23.8 Å². The Labute approximate surface area is 82.5 Å². The predicted octanol–water partition coefficient (Wildman–Crippen LogP) is 0.0151. The zero-order valence-corrected chi connectivity index (χ0v) is 8.01. The molecule has 0 aromatic rings. The van der Waals surface area contributed by atoms with E-state index in [9.17, 15) is 4.79 Å². The van der Waals surface area contributed by atoms with E-state index in [2.05, 4.69) is 0 Å². The van der Waals surface area contributed by atoms with Crippen molar-refractivity contribution in [1.29, 1.82) is 0 Å². The standard InChI is InChI=1S/C10H14O4/c1-7-2-3-8(4-7)10(13)14-6-9(12)5-11/h2-4,8-9,11-12H,5-6H2,1H3. The molecule has 1 aliphatic carbocycles. The lowest BCUT2D eigenvalue weighted by Gasteiger charge is -2.10. The van der Waals surface area contributed by atoms with Crippen LogP contribution in [-0.2, 0) is 9.53 Å². The van der Waals surface area contributed by atoms with Crippen LogP contribution in [-0.4, -0.2) is 35.5 Å². The van der Waals surface area contributed by atoms with Crippen molar-refractivity contribution in [2.45, 2.75) is 13.0 Å². The van der Waals surface area contributed by atoms with Crippen molar-refractivity contribution in [3.05, 3.63) is 23.8 Å². The molecule has 2 N–H and O–H groups in total. The maximum absolute atomic E-state index is 11.3. The number of aliphatic hydroxyl groups is 2. The third-order valence-electron chi connectivity index (χ3n) is 1.91. The van der Waals surface area contributed by atoms with E-state index in [4.69, 9.17) is 14.9 Å². The molecular formula is C10H14O4. The number of hydrogen-bond acceptors (Lipinski definition) is 4. The van der Waals surface area contributed by atoms with Crippen molar-refractivity contribution in [1.82, 2.24) is 0 Å². The first-order chi connectivity index (χ1) is 6.63. The van der Waals surface area contributed by atoms with Crippen molar-refractivity contribution < 1.29 is 19.7 Å². The Balaban J connectivity index is 2.33. The number of rotatable bonds is 4. The Morgan fingerprint density at radius 1 is 1.71 bits per heavy atom. The smallest absolute Gasteiger partial charge is 0.316 e. The molecule has 4 nitrogen and oxygen atoms in total. The Bertz CT molecular complexity index is 267. The fourth-order valence-corrected chi connectivity index (χ4v) is 1.12. The molecule has 0 aromatic heterocycles. The Kier molecular flexibility index (Phi) is 3.85. The van der Waals surface area contributed by atoms with Crippen LogP contribution in [0.1, 0.15) is 6.92 Å². The highest BCUT2D eigenvalue weighted by molar-refractivity contribution is 5.78. The minimum absolute atomic E-state index is 0.160. The summed E-state index contributed by atoms with van der Waals surface area (Å²) in [5, 5.41) is 17.4. The molecule has 0 saturated carbocycles. The molecule has 0 aliphatic heterocycles. The van der Waals surface area contributed by atoms with Crippen molar-refractivity contribution in [2.24, 2.45) is 5.92 Å². The van der Waals surface area contributed by atoms with E-state index in [1.807, 2.05) is 13.0 Å². The molecule has 4 heteroatoms. The lowest BCUT2D eigenvalue weighted by atomic mass is 10.2. The van der Waals surface area contributed by atoms with Crippen LogP contribution in [0.3, 0.4) is 0 Å². The van der Waals surface area contributed by atoms with Gasteiger partial charge in [-0.2, -0.15) is 0 Å². The van der Waals surface area contributed by atoms with Gasteiger partial charge in [-0.1, -0.05) is 23.8 Å². The van der Waals surface area contributed by atoms with Gasteiger partial charge in [0.2, 0.25) is 0 Å². The molecule has 2 atom stereocenters. The third-order valence-corrected chi connectivity index (χ3v) is 1.91. The molecule has 0 spiro atoms. The zero-order chi connectivity index (χ0) is 10.6. The van der Waals surface area contributed by atoms with E-state index >= 15 is 0 Å². The van der Waals surface area contributed by atoms with E-state index in [0.29, 0.717) is 0 Å². The van der Waals surface area contributed by atoms with Crippen LogP contribution in [0, 0.1) is 5.92 Å². The minimum Gasteiger partial charge on any atom is -0.462 e. The maximum atomic E-state index is 11.3. The first-order valence-electron chi connectivity index (χ1n) is 4.45. The van der Waals surface area contributed by atoms with Crippen molar-refractivity contribution in [2.75, 3.05) is 13.2 Å². The fourth-order valence-electron chi connectivity index (χ4n) is 1.12. The van der Waals surface area contributed by atoms with Crippen LogP contribution in [0.5, 0.6) is 0 Å². The van der Waals surface area contributed by atoms with E-state index in [0.717, 1.165) is 5.57 Å². The zero-order valence-electron chi connectivity index (χ0n) is 8.01. The summed E-state index contributed by atoms with van der Waals surface area (Å²) in [6, 6.07) is 0. The highest BCUT2D eigenvalue weighted by atomic mass is 16.5. The van der Waals surface area contributed by atoms with E-state index in [-0.39, 0.29) is 12.5 Å². The van der Waals surface area contributed by atoms with E-state index < -0.39 is 18.7 Å². The second-order valence-corrected chi connectivity index (χ2v) is 3.26. The first-order valence-corrected chi connectivity index (χ1v) is 4.45. The first kappa shape index (κ1) is 10.9. The molecule has 0 saturated heterocycles. The summed E-state index contributed by atoms with van der Waals surface area (Å²) in [6.45, 7) is 1.33. The van der Waals surface area contributed by atoms with Gasteiger partial charge in [0.05, 0.1) is 12.5 Å². The van der Waals surface area contributed by atoms with Gasteiger partial charge in [0.15, 0.2) is 0 Å². The van der Waals surface area contributed by atoms with Gasteiger partial charge < -0.3 is 14.9 Å². The minimum atomic E-state index is -0.991. The number of ether oxygens (including phenoxy) is 1. The van der Waals surface area contributed by atoms with Gasteiger partial charge >= 0.3 is 5.97 Å². The molecule has 1 rings (SSSR count). The molecule has 1 aliphatic rings. The predicted molar refractivity (Wildman–Crippen MR) is 50.4 cm³/mol. The van der Waals surface area contributed by atoms with Gasteiger partial charge in [0, 0.05) is 0 Å². The van der Waals surface area contributed by atoms with Crippen LogP contribution in [0.4, 0.5) is 0 Å². The molecule has 0 amide bonds. The number of hydrogen-bond donors (Lipinski definition) is 2. The SMILES string of the molecule is CC1=CC(C(=O)OCC(O)CO)C=C1.